The summed E-state index contributed by atoms with van der Waals surface area (Å²) in [5.41, 5.74) is 0.452. The van der Waals surface area contributed by atoms with Crippen LogP contribution in [0.15, 0.2) is 42.5 Å². The molecule has 0 aliphatic carbocycles. The lowest BCUT2D eigenvalue weighted by Crippen LogP contribution is -2.53. The quantitative estimate of drug-likeness (QED) is 0.699. The molecule has 0 aromatic heterocycles. The van der Waals surface area contributed by atoms with E-state index in [9.17, 15) is 14.4 Å². The number of amides is 2. The third kappa shape index (κ3) is 4.74. The van der Waals surface area contributed by atoms with Gasteiger partial charge in [-0.1, -0.05) is 11.6 Å². The first kappa shape index (κ1) is 21.6. The maximum Gasteiger partial charge on any atom is 0.338 e. The Morgan fingerprint density at radius 1 is 1.17 bits per heavy atom. The van der Waals surface area contributed by atoms with E-state index in [1.807, 2.05) is 0 Å². The summed E-state index contributed by atoms with van der Waals surface area (Å²) in [5.74, 6) is -0.386. The number of hydrogen-bond acceptors (Lipinski definition) is 5. The Labute approximate surface area is 179 Å². The van der Waals surface area contributed by atoms with Crippen molar-refractivity contribution in [3.8, 4) is 5.75 Å². The van der Waals surface area contributed by atoms with Gasteiger partial charge in [0.05, 0.1) is 17.9 Å². The minimum atomic E-state index is -1.04. The number of benzene rings is 2. The van der Waals surface area contributed by atoms with E-state index in [4.69, 9.17) is 21.1 Å². The Morgan fingerprint density at radius 2 is 1.87 bits per heavy atom. The summed E-state index contributed by atoms with van der Waals surface area (Å²) in [7, 11) is 0. The lowest BCUT2D eigenvalue weighted by atomic mass is 10.0. The number of carbonyl (C=O) groups is 3. The third-order valence-corrected chi connectivity index (χ3v) is 4.81. The summed E-state index contributed by atoms with van der Waals surface area (Å²) in [6.07, 6.45) is 0.0768. The van der Waals surface area contributed by atoms with Crippen molar-refractivity contribution in [2.75, 3.05) is 23.4 Å². The maximum atomic E-state index is 12.8. The van der Waals surface area contributed by atoms with Gasteiger partial charge < -0.3 is 19.7 Å². The summed E-state index contributed by atoms with van der Waals surface area (Å²) in [6.45, 7) is 5.57. The highest BCUT2D eigenvalue weighted by atomic mass is 35.5. The molecule has 2 amide bonds. The lowest BCUT2D eigenvalue weighted by Gasteiger charge is -2.38. The number of anilines is 2. The molecule has 0 radical (unpaired) electrons. The number of esters is 1. The Balaban J connectivity index is 1.66. The number of ether oxygens (including phenoxy) is 2. The first-order valence-corrected chi connectivity index (χ1v) is 9.96. The fraction of sp³-hybridized carbons (Fsp3) is 0.318. The molecule has 0 saturated carbocycles. The molecule has 0 unspecified atom stereocenters. The van der Waals surface area contributed by atoms with Crippen LogP contribution in [0, 0.1) is 0 Å². The van der Waals surface area contributed by atoms with Crippen molar-refractivity contribution >= 4 is 40.8 Å². The second-order valence-electron chi connectivity index (χ2n) is 7.28. The van der Waals surface area contributed by atoms with Crippen LogP contribution in [0.3, 0.4) is 0 Å². The summed E-state index contributed by atoms with van der Waals surface area (Å²) >= 11 is 6.08. The zero-order valence-electron chi connectivity index (χ0n) is 17.0. The van der Waals surface area contributed by atoms with E-state index in [0.717, 1.165) is 0 Å². The van der Waals surface area contributed by atoms with E-state index >= 15 is 0 Å². The van der Waals surface area contributed by atoms with Crippen molar-refractivity contribution in [1.29, 1.82) is 0 Å². The van der Waals surface area contributed by atoms with Crippen LogP contribution in [0.4, 0.5) is 11.4 Å². The zero-order valence-corrected chi connectivity index (χ0v) is 17.8. The average Bonchev–Trinajstić information content (AvgIpc) is 2.69. The van der Waals surface area contributed by atoms with Gasteiger partial charge in [-0.2, -0.15) is 0 Å². The molecule has 0 atom stereocenters. The van der Waals surface area contributed by atoms with E-state index in [0.29, 0.717) is 34.3 Å². The normalized spacial score (nSPS) is 14.5. The standard InChI is InChI=1S/C22H23ClN2O5/c1-4-29-20(27)14-5-8-16(9-6-14)24-19(26)11-12-25-17-13-15(23)7-10-18(17)30-22(2,3)21(25)28/h5-10,13H,4,11-12H2,1-3H3,(H,24,26). The molecular weight excluding hydrogens is 408 g/mol. The SMILES string of the molecule is CCOC(=O)c1ccc(NC(=O)CCN2C(=O)C(C)(C)Oc3ccc(Cl)cc32)cc1. The number of fused-ring (bicyclic) bond motifs is 1. The van der Waals surface area contributed by atoms with Gasteiger partial charge in [0.25, 0.3) is 5.91 Å². The van der Waals surface area contributed by atoms with Crippen molar-refractivity contribution in [3.63, 3.8) is 0 Å². The maximum absolute atomic E-state index is 12.8. The van der Waals surface area contributed by atoms with E-state index in [1.54, 1.807) is 63.2 Å². The van der Waals surface area contributed by atoms with Crippen molar-refractivity contribution in [3.05, 3.63) is 53.1 Å². The van der Waals surface area contributed by atoms with Gasteiger partial charge in [0.1, 0.15) is 5.75 Å². The Kier molecular flexibility index (Phi) is 6.31. The van der Waals surface area contributed by atoms with Crippen LogP contribution < -0.4 is 15.0 Å². The van der Waals surface area contributed by atoms with E-state index in [2.05, 4.69) is 5.32 Å². The highest BCUT2D eigenvalue weighted by Crippen LogP contribution is 2.39. The fourth-order valence-electron chi connectivity index (χ4n) is 3.10. The summed E-state index contributed by atoms with van der Waals surface area (Å²) in [4.78, 5) is 38.5. The molecule has 158 valence electrons. The second kappa shape index (κ2) is 8.75. The smallest absolute Gasteiger partial charge is 0.338 e. The molecule has 1 heterocycles. The van der Waals surface area contributed by atoms with Crippen LogP contribution in [0.25, 0.3) is 0 Å². The molecule has 7 nitrogen and oxygen atoms in total. The number of nitrogens with one attached hydrogen (secondary N) is 1. The van der Waals surface area contributed by atoms with Crippen molar-refractivity contribution < 1.29 is 23.9 Å². The molecule has 2 aromatic rings. The number of nitrogens with zero attached hydrogens (tertiary/aromatic N) is 1. The van der Waals surface area contributed by atoms with Crippen LogP contribution in [-0.4, -0.2) is 36.5 Å². The molecule has 8 heteroatoms. The van der Waals surface area contributed by atoms with E-state index < -0.39 is 11.6 Å². The van der Waals surface area contributed by atoms with Crippen LogP contribution in [0.5, 0.6) is 5.75 Å². The number of halogens is 1. The molecule has 0 bridgehead atoms. The van der Waals surface area contributed by atoms with Crippen molar-refractivity contribution in [1.82, 2.24) is 0 Å². The second-order valence-corrected chi connectivity index (χ2v) is 7.71. The van der Waals surface area contributed by atoms with Gasteiger partial charge in [-0.25, -0.2) is 4.79 Å². The van der Waals surface area contributed by atoms with Crippen molar-refractivity contribution in [2.45, 2.75) is 32.8 Å². The molecule has 0 spiro atoms. The van der Waals surface area contributed by atoms with E-state index in [1.165, 1.54) is 4.90 Å². The molecule has 0 saturated heterocycles. The molecule has 1 aliphatic rings. The van der Waals surface area contributed by atoms with Crippen LogP contribution in [0.1, 0.15) is 37.6 Å². The van der Waals surface area contributed by atoms with Crippen LogP contribution in [-0.2, 0) is 14.3 Å². The van der Waals surface area contributed by atoms with Gasteiger partial charge in [0, 0.05) is 23.7 Å². The predicted octanol–water partition coefficient (Wildman–Crippen LogP) is 4.05. The molecular formula is C22H23ClN2O5. The summed E-state index contributed by atoms with van der Waals surface area (Å²) < 4.78 is 10.7. The highest BCUT2D eigenvalue weighted by Gasteiger charge is 2.40. The summed E-state index contributed by atoms with van der Waals surface area (Å²) in [5, 5.41) is 3.24. The van der Waals surface area contributed by atoms with Gasteiger partial charge in [0.15, 0.2) is 5.60 Å². The molecule has 30 heavy (non-hydrogen) atoms. The third-order valence-electron chi connectivity index (χ3n) is 4.58. The Hall–Kier alpha value is -3.06. The molecule has 1 aliphatic heterocycles. The van der Waals surface area contributed by atoms with Gasteiger partial charge in [0.2, 0.25) is 5.91 Å². The highest BCUT2D eigenvalue weighted by molar-refractivity contribution is 6.31. The number of hydrogen-bond donors (Lipinski definition) is 1. The zero-order chi connectivity index (χ0) is 21.9. The first-order valence-electron chi connectivity index (χ1n) is 9.59. The summed E-state index contributed by atoms with van der Waals surface area (Å²) in [6, 6.07) is 11.5. The monoisotopic (exact) mass is 430 g/mol. The van der Waals surface area contributed by atoms with Crippen LogP contribution >= 0.6 is 11.6 Å². The molecule has 1 N–H and O–H groups in total. The molecule has 2 aromatic carbocycles. The predicted molar refractivity (Wildman–Crippen MR) is 114 cm³/mol. The number of carbonyl (C=O) groups excluding carboxylic acids is 3. The Morgan fingerprint density at radius 3 is 2.53 bits per heavy atom. The topological polar surface area (TPSA) is 84.9 Å². The molecule has 0 fully saturated rings. The van der Waals surface area contributed by atoms with Gasteiger partial charge in [-0.15, -0.1) is 0 Å². The minimum absolute atomic E-state index is 0.0768. The fourth-order valence-corrected chi connectivity index (χ4v) is 3.27. The average molecular weight is 431 g/mol. The Bertz CT molecular complexity index is 972. The largest absolute Gasteiger partial charge is 0.476 e. The van der Waals surface area contributed by atoms with Gasteiger partial charge in [-0.05, 0) is 63.2 Å². The van der Waals surface area contributed by atoms with Gasteiger partial charge >= 0.3 is 5.97 Å². The van der Waals surface area contributed by atoms with E-state index in [-0.39, 0.29) is 24.8 Å². The van der Waals surface area contributed by atoms with Crippen LogP contribution in [0.2, 0.25) is 5.02 Å². The lowest BCUT2D eigenvalue weighted by molar-refractivity contribution is -0.132. The number of rotatable bonds is 6. The minimum Gasteiger partial charge on any atom is -0.476 e. The molecule has 3 rings (SSSR count). The van der Waals surface area contributed by atoms with Gasteiger partial charge in [-0.3, -0.25) is 9.59 Å². The van der Waals surface area contributed by atoms with Crippen molar-refractivity contribution in [2.24, 2.45) is 0 Å². The first-order chi connectivity index (χ1) is 14.2.